The molecule has 1 aromatic rings. The van der Waals surface area contributed by atoms with Crippen molar-refractivity contribution in [1.29, 1.82) is 0 Å². The van der Waals surface area contributed by atoms with Gasteiger partial charge in [-0.25, -0.2) is 9.59 Å². The van der Waals surface area contributed by atoms with E-state index in [4.69, 9.17) is 0 Å². The van der Waals surface area contributed by atoms with E-state index in [-0.39, 0.29) is 5.92 Å². The number of carbonyl (C=O) groups is 2. The van der Waals surface area contributed by atoms with Gasteiger partial charge in [0.1, 0.15) is 5.54 Å². The first-order valence-corrected chi connectivity index (χ1v) is 6.70. The molecule has 1 fully saturated rings. The molecule has 1 heterocycles. The number of carboxylic acid groups (broad SMARTS) is 1. The minimum absolute atomic E-state index is 0.0315. The lowest BCUT2D eigenvalue weighted by Crippen LogP contribution is -2.56. The number of hydrogen-bond acceptors (Lipinski definition) is 3. The van der Waals surface area contributed by atoms with E-state index in [1.54, 1.807) is 19.3 Å². The highest BCUT2D eigenvalue weighted by atomic mass is 16.4. The number of nitrogens with one attached hydrogen (secondary N) is 2. The molecule has 2 rings (SSSR count). The number of amides is 2. The van der Waals surface area contributed by atoms with Crippen LogP contribution in [-0.2, 0) is 11.2 Å². The second-order valence-electron chi connectivity index (χ2n) is 5.27. The molecule has 1 unspecified atom stereocenters. The van der Waals surface area contributed by atoms with Crippen molar-refractivity contribution in [2.24, 2.45) is 5.92 Å². The summed E-state index contributed by atoms with van der Waals surface area (Å²) < 4.78 is 0. The fourth-order valence-electron chi connectivity index (χ4n) is 2.14. The Labute approximate surface area is 117 Å². The van der Waals surface area contributed by atoms with Gasteiger partial charge in [-0.3, -0.25) is 4.98 Å². The number of carbonyl (C=O) groups excluding carboxylic acids is 1. The Balaban J connectivity index is 1.79. The maximum absolute atomic E-state index is 11.8. The van der Waals surface area contributed by atoms with Gasteiger partial charge in [0.25, 0.3) is 0 Å². The van der Waals surface area contributed by atoms with Gasteiger partial charge in [-0.05, 0) is 43.7 Å². The van der Waals surface area contributed by atoms with Crippen molar-refractivity contribution < 1.29 is 14.7 Å². The van der Waals surface area contributed by atoms with E-state index in [1.807, 2.05) is 12.1 Å². The minimum atomic E-state index is -1.17. The summed E-state index contributed by atoms with van der Waals surface area (Å²) in [5.41, 5.74) is -0.144. The summed E-state index contributed by atoms with van der Waals surface area (Å²) in [4.78, 5) is 27.1. The molecule has 0 aromatic carbocycles. The van der Waals surface area contributed by atoms with Crippen LogP contribution in [-0.4, -0.2) is 34.2 Å². The normalized spacial score (nSPS) is 17.1. The van der Waals surface area contributed by atoms with Crippen LogP contribution in [0.5, 0.6) is 0 Å². The van der Waals surface area contributed by atoms with E-state index in [1.165, 1.54) is 0 Å². The predicted molar refractivity (Wildman–Crippen MR) is 73.2 cm³/mol. The number of pyridine rings is 1. The van der Waals surface area contributed by atoms with E-state index in [9.17, 15) is 14.7 Å². The van der Waals surface area contributed by atoms with E-state index in [0.29, 0.717) is 13.0 Å². The van der Waals surface area contributed by atoms with Crippen LogP contribution in [0, 0.1) is 5.92 Å². The van der Waals surface area contributed by atoms with Gasteiger partial charge < -0.3 is 15.7 Å². The first-order valence-electron chi connectivity index (χ1n) is 6.70. The highest BCUT2D eigenvalue weighted by Gasteiger charge is 2.48. The van der Waals surface area contributed by atoms with E-state index in [2.05, 4.69) is 15.6 Å². The third-order valence-electron chi connectivity index (χ3n) is 3.63. The van der Waals surface area contributed by atoms with E-state index in [0.717, 1.165) is 18.4 Å². The molecule has 1 aliphatic carbocycles. The Morgan fingerprint density at radius 3 is 2.80 bits per heavy atom. The smallest absolute Gasteiger partial charge is 0.329 e. The molecular weight excluding hydrogens is 258 g/mol. The van der Waals surface area contributed by atoms with Crippen LogP contribution >= 0.6 is 0 Å². The maximum Gasteiger partial charge on any atom is 0.329 e. The highest BCUT2D eigenvalue weighted by molar-refractivity contribution is 5.86. The Bertz CT molecular complexity index is 488. The molecule has 1 saturated carbocycles. The van der Waals surface area contributed by atoms with Crippen LogP contribution in [0.2, 0.25) is 0 Å². The molecule has 3 N–H and O–H groups in total. The lowest BCUT2D eigenvalue weighted by atomic mass is 9.96. The Kier molecular flexibility index (Phi) is 4.22. The van der Waals surface area contributed by atoms with Crippen molar-refractivity contribution >= 4 is 12.0 Å². The van der Waals surface area contributed by atoms with Gasteiger partial charge in [0.2, 0.25) is 0 Å². The molecule has 2 amide bonds. The van der Waals surface area contributed by atoms with Crippen molar-refractivity contribution in [2.75, 3.05) is 6.54 Å². The molecule has 0 bridgehead atoms. The fourth-order valence-corrected chi connectivity index (χ4v) is 2.14. The molecule has 0 aliphatic heterocycles. The molecule has 1 aliphatic rings. The van der Waals surface area contributed by atoms with Crippen LogP contribution < -0.4 is 10.6 Å². The summed E-state index contributed by atoms with van der Waals surface area (Å²) in [6, 6.07) is 3.33. The number of rotatable bonds is 6. The van der Waals surface area contributed by atoms with Crippen molar-refractivity contribution in [1.82, 2.24) is 15.6 Å². The first-order chi connectivity index (χ1) is 9.52. The molecule has 6 nitrogen and oxygen atoms in total. The third-order valence-corrected chi connectivity index (χ3v) is 3.63. The van der Waals surface area contributed by atoms with Crippen molar-refractivity contribution in [2.45, 2.75) is 31.7 Å². The summed E-state index contributed by atoms with van der Waals surface area (Å²) in [5, 5.41) is 14.5. The average molecular weight is 277 g/mol. The summed E-state index contributed by atoms with van der Waals surface area (Å²) in [5.74, 6) is -0.952. The van der Waals surface area contributed by atoms with Crippen LogP contribution in [0.1, 0.15) is 25.3 Å². The molecule has 6 heteroatoms. The van der Waals surface area contributed by atoms with Gasteiger partial charge in [-0.15, -0.1) is 0 Å². The number of hydrogen-bond donors (Lipinski definition) is 3. The molecule has 20 heavy (non-hydrogen) atoms. The summed E-state index contributed by atoms with van der Waals surface area (Å²) in [6.07, 6.45) is 5.79. The second-order valence-corrected chi connectivity index (χ2v) is 5.27. The van der Waals surface area contributed by atoms with Gasteiger partial charge in [0.15, 0.2) is 0 Å². The SMILES string of the molecule is CC(NC(=O)NCCc1cccnc1)(C(=O)O)C1CC1. The molecule has 1 atom stereocenters. The van der Waals surface area contributed by atoms with Crippen molar-refractivity contribution in [3.8, 4) is 0 Å². The van der Waals surface area contributed by atoms with Crippen molar-refractivity contribution in [3.05, 3.63) is 30.1 Å². The summed E-state index contributed by atoms with van der Waals surface area (Å²) >= 11 is 0. The topological polar surface area (TPSA) is 91.3 Å². The number of aromatic nitrogens is 1. The van der Waals surface area contributed by atoms with Crippen LogP contribution in [0.15, 0.2) is 24.5 Å². The maximum atomic E-state index is 11.8. The number of carboxylic acids is 1. The van der Waals surface area contributed by atoms with Gasteiger partial charge in [0.05, 0.1) is 0 Å². The average Bonchev–Trinajstić information content (AvgIpc) is 3.24. The zero-order valence-electron chi connectivity index (χ0n) is 11.4. The van der Waals surface area contributed by atoms with Crippen LogP contribution in [0.3, 0.4) is 0 Å². The molecule has 1 aromatic heterocycles. The predicted octanol–water partition coefficient (Wildman–Crippen LogP) is 1.18. The Morgan fingerprint density at radius 1 is 1.50 bits per heavy atom. The van der Waals surface area contributed by atoms with Gasteiger partial charge in [-0.2, -0.15) is 0 Å². The zero-order valence-corrected chi connectivity index (χ0v) is 11.4. The second kappa shape index (κ2) is 5.90. The summed E-state index contributed by atoms with van der Waals surface area (Å²) in [6.45, 7) is 2.01. The number of nitrogens with zero attached hydrogens (tertiary/aromatic N) is 1. The minimum Gasteiger partial charge on any atom is -0.480 e. The first kappa shape index (κ1) is 14.3. The molecule has 108 valence electrons. The molecular formula is C14H19N3O3. The largest absolute Gasteiger partial charge is 0.480 e. The Hall–Kier alpha value is -2.11. The zero-order chi connectivity index (χ0) is 14.6. The van der Waals surface area contributed by atoms with E-state index < -0.39 is 17.5 Å². The molecule has 0 radical (unpaired) electrons. The monoisotopic (exact) mass is 277 g/mol. The quantitative estimate of drug-likeness (QED) is 0.728. The highest BCUT2D eigenvalue weighted by Crippen LogP contribution is 2.39. The molecule has 0 saturated heterocycles. The standard InChI is InChI=1S/C14H19N3O3/c1-14(12(18)19,11-4-5-11)17-13(20)16-8-6-10-3-2-7-15-9-10/h2-3,7,9,11H,4-6,8H2,1H3,(H,18,19)(H2,16,17,20). The Morgan fingerprint density at radius 2 is 2.25 bits per heavy atom. The number of urea groups is 1. The lowest BCUT2D eigenvalue weighted by molar-refractivity contribution is -0.144. The van der Waals surface area contributed by atoms with Crippen LogP contribution in [0.25, 0.3) is 0 Å². The molecule has 0 spiro atoms. The third kappa shape index (κ3) is 3.46. The number of aliphatic carboxylic acids is 1. The van der Waals surface area contributed by atoms with Crippen molar-refractivity contribution in [3.63, 3.8) is 0 Å². The van der Waals surface area contributed by atoms with Gasteiger partial charge >= 0.3 is 12.0 Å². The van der Waals surface area contributed by atoms with E-state index >= 15 is 0 Å². The fraction of sp³-hybridized carbons (Fsp3) is 0.500. The van der Waals surface area contributed by atoms with Gasteiger partial charge in [-0.1, -0.05) is 6.07 Å². The van der Waals surface area contributed by atoms with Crippen LogP contribution in [0.4, 0.5) is 4.79 Å². The van der Waals surface area contributed by atoms with Gasteiger partial charge in [0, 0.05) is 18.9 Å². The lowest BCUT2D eigenvalue weighted by Gasteiger charge is -2.26. The summed E-state index contributed by atoms with van der Waals surface area (Å²) in [7, 11) is 0.